The Morgan fingerprint density at radius 2 is 2.05 bits per heavy atom. The van der Waals surface area contributed by atoms with E-state index < -0.39 is 12.0 Å². The first-order valence-electron chi connectivity index (χ1n) is 6.74. The van der Waals surface area contributed by atoms with Crippen LogP contribution in [0.25, 0.3) is 0 Å². The third-order valence-electron chi connectivity index (χ3n) is 2.95. The SMILES string of the molecule is CCCO/N=C(/C)c1ccc(CC(NC)C(=O)O)cc1. The molecule has 20 heavy (non-hydrogen) atoms. The molecule has 0 fully saturated rings. The number of aliphatic carboxylic acids is 1. The third-order valence-corrected chi connectivity index (χ3v) is 2.95. The zero-order valence-corrected chi connectivity index (χ0v) is 12.2. The molecule has 5 nitrogen and oxygen atoms in total. The molecule has 5 heteroatoms. The minimum Gasteiger partial charge on any atom is -0.480 e. The lowest BCUT2D eigenvalue weighted by Gasteiger charge is -2.11. The fourth-order valence-electron chi connectivity index (χ4n) is 1.72. The summed E-state index contributed by atoms with van der Waals surface area (Å²) in [6, 6.07) is 7.13. The van der Waals surface area contributed by atoms with Gasteiger partial charge >= 0.3 is 5.97 Å². The van der Waals surface area contributed by atoms with E-state index in [2.05, 4.69) is 10.5 Å². The van der Waals surface area contributed by atoms with Crippen LogP contribution in [0, 0.1) is 0 Å². The van der Waals surface area contributed by atoms with Crippen molar-refractivity contribution in [2.75, 3.05) is 13.7 Å². The largest absolute Gasteiger partial charge is 0.480 e. The van der Waals surface area contributed by atoms with Gasteiger partial charge in [0.15, 0.2) is 0 Å². The lowest BCUT2D eigenvalue weighted by atomic mass is 10.0. The van der Waals surface area contributed by atoms with E-state index in [-0.39, 0.29) is 0 Å². The summed E-state index contributed by atoms with van der Waals surface area (Å²) in [5.41, 5.74) is 2.76. The molecule has 0 aliphatic carbocycles. The van der Waals surface area contributed by atoms with Gasteiger partial charge in [0.25, 0.3) is 0 Å². The van der Waals surface area contributed by atoms with Crippen LogP contribution in [0.2, 0.25) is 0 Å². The molecule has 0 aliphatic heterocycles. The molecule has 0 saturated carbocycles. The van der Waals surface area contributed by atoms with Gasteiger partial charge in [0.2, 0.25) is 0 Å². The van der Waals surface area contributed by atoms with Crippen molar-refractivity contribution in [3.63, 3.8) is 0 Å². The molecule has 0 heterocycles. The zero-order chi connectivity index (χ0) is 15.0. The molecule has 0 aromatic heterocycles. The van der Waals surface area contributed by atoms with Crippen molar-refractivity contribution in [1.29, 1.82) is 0 Å². The molecule has 2 N–H and O–H groups in total. The molecule has 110 valence electrons. The van der Waals surface area contributed by atoms with E-state index in [4.69, 9.17) is 9.94 Å². The maximum Gasteiger partial charge on any atom is 0.321 e. The van der Waals surface area contributed by atoms with E-state index in [1.165, 1.54) is 0 Å². The zero-order valence-electron chi connectivity index (χ0n) is 12.2. The molecule has 0 radical (unpaired) electrons. The van der Waals surface area contributed by atoms with Crippen LogP contribution in [0.4, 0.5) is 0 Å². The minimum atomic E-state index is -0.845. The first kappa shape index (κ1) is 16.2. The average Bonchev–Trinajstić information content (AvgIpc) is 2.45. The van der Waals surface area contributed by atoms with Crippen LogP contribution >= 0.6 is 0 Å². The monoisotopic (exact) mass is 278 g/mol. The first-order valence-corrected chi connectivity index (χ1v) is 6.74. The number of benzene rings is 1. The highest BCUT2D eigenvalue weighted by Crippen LogP contribution is 2.09. The number of rotatable bonds is 8. The Hall–Kier alpha value is -1.88. The number of carboxylic acids is 1. The highest BCUT2D eigenvalue weighted by molar-refractivity contribution is 5.98. The Morgan fingerprint density at radius 3 is 2.55 bits per heavy atom. The predicted molar refractivity (Wildman–Crippen MR) is 79.1 cm³/mol. The normalized spacial score (nSPS) is 13.1. The summed E-state index contributed by atoms with van der Waals surface area (Å²) in [5.74, 6) is -0.845. The topological polar surface area (TPSA) is 70.9 Å². The van der Waals surface area contributed by atoms with Gasteiger partial charge in [-0.05, 0) is 37.9 Å². The number of oxime groups is 1. The van der Waals surface area contributed by atoms with Crippen molar-refractivity contribution in [3.8, 4) is 0 Å². The Kier molecular flexibility index (Phi) is 6.73. The second-order valence-electron chi connectivity index (χ2n) is 4.59. The molecule has 0 amide bonds. The molecular weight excluding hydrogens is 256 g/mol. The van der Waals surface area contributed by atoms with E-state index in [0.717, 1.165) is 23.3 Å². The highest BCUT2D eigenvalue weighted by Gasteiger charge is 2.15. The maximum absolute atomic E-state index is 11.0. The Morgan fingerprint density at radius 1 is 1.40 bits per heavy atom. The van der Waals surface area contributed by atoms with Gasteiger partial charge in [-0.2, -0.15) is 0 Å². The van der Waals surface area contributed by atoms with Crippen molar-refractivity contribution in [3.05, 3.63) is 35.4 Å². The number of nitrogens with one attached hydrogen (secondary N) is 1. The number of carboxylic acid groups (broad SMARTS) is 1. The lowest BCUT2D eigenvalue weighted by Crippen LogP contribution is -2.35. The van der Waals surface area contributed by atoms with E-state index in [9.17, 15) is 4.79 Å². The van der Waals surface area contributed by atoms with Gasteiger partial charge in [-0.1, -0.05) is 36.3 Å². The smallest absolute Gasteiger partial charge is 0.321 e. The van der Waals surface area contributed by atoms with Crippen LogP contribution in [-0.4, -0.2) is 36.5 Å². The van der Waals surface area contributed by atoms with Crippen LogP contribution in [0.5, 0.6) is 0 Å². The minimum absolute atomic E-state index is 0.453. The first-order chi connectivity index (χ1) is 9.58. The second-order valence-corrected chi connectivity index (χ2v) is 4.59. The summed E-state index contributed by atoms with van der Waals surface area (Å²) in [6.07, 6.45) is 1.38. The third kappa shape index (κ3) is 5.01. The van der Waals surface area contributed by atoms with Gasteiger partial charge in [-0.3, -0.25) is 4.79 Å². The van der Waals surface area contributed by atoms with Gasteiger partial charge < -0.3 is 15.3 Å². The molecule has 0 saturated heterocycles. The molecule has 0 spiro atoms. The van der Waals surface area contributed by atoms with Gasteiger partial charge in [0.1, 0.15) is 12.6 Å². The van der Waals surface area contributed by atoms with E-state index >= 15 is 0 Å². The van der Waals surface area contributed by atoms with Crippen LogP contribution in [0.3, 0.4) is 0 Å². The number of hydrogen-bond donors (Lipinski definition) is 2. The van der Waals surface area contributed by atoms with Crippen LogP contribution in [-0.2, 0) is 16.1 Å². The van der Waals surface area contributed by atoms with E-state index in [1.54, 1.807) is 7.05 Å². The number of carbonyl (C=O) groups is 1. The van der Waals surface area contributed by atoms with Crippen molar-refractivity contribution in [2.24, 2.45) is 5.16 Å². The fourth-order valence-corrected chi connectivity index (χ4v) is 1.72. The molecule has 1 unspecified atom stereocenters. The maximum atomic E-state index is 11.0. The average molecular weight is 278 g/mol. The van der Waals surface area contributed by atoms with E-state index in [1.807, 2.05) is 38.1 Å². The van der Waals surface area contributed by atoms with Crippen molar-refractivity contribution >= 4 is 11.7 Å². The van der Waals surface area contributed by atoms with Gasteiger partial charge in [0, 0.05) is 0 Å². The molecule has 1 aromatic rings. The predicted octanol–water partition coefficient (Wildman–Crippen LogP) is 2.05. The molecule has 0 bridgehead atoms. The summed E-state index contributed by atoms with van der Waals surface area (Å²) in [5, 5.41) is 15.8. The summed E-state index contributed by atoms with van der Waals surface area (Å²) in [7, 11) is 1.65. The van der Waals surface area contributed by atoms with Gasteiger partial charge in [-0.25, -0.2) is 0 Å². The quantitative estimate of drug-likeness (QED) is 0.434. The molecule has 1 aromatic carbocycles. The lowest BCUT2D eigenvalue weighted by molar-refractivity contribution is -0.139. The van der Waals surface area contributed by atoms with Crippen LogP contribution in [0.15, 0.2) is 29.4 Å². The summed E-state index contributed by atoms with van der Waals surface area (Å²) in [4.78, 5) is 16.1. The fraction of sp³-hybridized carbons (Fsp3) is 0.467. The van der Waals surface area contributed by atoms with Crippen LogP contribution in [0.1, 0.15) is 31.4 Å². The summed E-state index contributed by atoms with van der Waals surface area (Å²) >= 11 is 0. The van der Waals surface area contributed by atoms with Gasteiger partial charge in [-0.15, -0.1) is 0 Å². The molecule has 1 atom stereocenters. The van der Waals surface area contributed by atoms with Crippen molar-refractivity contribution < 1.29 is 14.7 Å². The summed E-state index contributed by atoms with van der Waals surface area (Å²) < 4.78 is 0. The Labute approximate surface area is 119 Å². The number of likely N-dealkylation sites (N-methyl/N-ethyl adjacent to an activating group) is 1. The van der Waals surface area contributed by atoms with Crippen LogP contribution < -0.4 is 5.32 Å². The molecule has 1 rings (SSSR count). The van der Waals surface area contributed by atoms with E-state index in [0.29, 0.717) is 13.0 Å². The number of nitrogens with zero attached hydrogens (tertiary/aromatic N) is 1. The second kappa shape index (κ2) is 8.32. The Bertz CT molecular complexity index is 455. The summed E-state index contributed by atoms with van der Waals surface area (Å²) in [6.45, 7) is 4.52. The molecule has 0 aliphatic rings. The standard InChI is InChI=1S/C15H22N2O3/c1-4-9-20-17-11(2)13-7-5-12(6-8-13)10-14(16-3)15(18)19/h5-8,14,16H,4,9-10H2,1-3H3,(H,18,19)/b17-11-. The van der Waals surface area contributed by atoms with Crippen molar-refractivity contribution in [1.82, 2.24) is 5.32 Å². The highest BCUT2D eigenvalue weighted by atomic mass is 16.6. The van der Waals surface area contributed by atoms with Gasteiger partial charge in [0.05, 0.1) is 5.71 Å². The Balaban J connectivity index is 2.68. The number of hydrogen-bond acceptors (Lipinski definition) is 4. The van der Waals surface area contributed by atoms with Crippen molar-refractivity contribution in [2.45, 2.75) is 32.7 Å². The molecular formula is C15H22N2O3.